The molecule has 0 aliphatic rings. The van der Waals surface area contributed by atoms with E-state index in [4.69, 9.17) is 4.74 Å². The number of pyridine rings is 1. The summed E-state index contributed by atoms with van der Waals surface area (Å²) in [6.45, 7) is 1.60. The number of ether oxygens (including phenoxy) is 1. The smallest absolute Gasteiger partial charge is 0.230 e. The Kier molecular flexibility index (Phi) is 2.79. The van der Waals surface area contributed by atoms with Gasteiger partial charge in [0.1, 0.15) is 0 Å². The van der Waals surface area contributed by atoms with E-state index in [-0.39, 0.29) is 11.5 Å². The molecule has 1 heterocycles. The van der Waals surface area contributed by atoms with Crippen LogP contribution in [0, 0.1) is 17.0 Å². The largest absolute Gasteiger partial charge is 0.481 e. The Morgan fingerprint density at radius 3 is 2.85 bits per heavy atom. The number of aryl methyl sites for hydroxylation is 1. The first-order valence-corrected chi connectivity index (χ1v) is 3.75. The fourth-order valence-electron chi connectivity index (χ4n) is 1.07. The van der Waals surface area contributed by atoms with Crippen molar-refractivity contribution >= 4 is 0 Å². The zero-order chi connectivity index (χ0) is 9.84. The van der Waals surface area contributed by atoms with Gasteiger partial charge in [0, 0.05) is 22.2 Å². The predicted octanol–water partition coefficient (Wildman–Crippen LogP) is 1.18. The summed E-state index contributed by atoms with van der Waals surface area (Å²) in [5.41, 5.74) is 1.39. The minimum atomic E-state index is -0.386. The fraction of sp³-hybridized carbons (Fsp3) is 0.375. The van der Waals surface area contributed by atoms with Gasteiger partial charge in [-0.25, -0.2) is 4.98 Å². The van der Waals surface area contributed by atoms with Crippen LogP contribution < -0.4 is 4.74 Å². The summed E-state index contributed by atoms with van der Waals surface area (Å²) < 4.78 is 4.92. The highest BCUT2D eigenvalue weighted by Gasteiger charge is 2.05. The molecule has 0 aromatic carbocycles. The highest BCUT2D eigenvalue weighted by Crippen LogP contribution is 2.14. The van der Waals surface area contributed by atoms with Gasteiger partial charge in [0.05, 0.1) is 7.11 Å². The first-order chi connectivity index (χ1) is 6.13. The van der Waals surface area contributed by atoms with Crippen molar-refractivity contribution in [2.45, 2.75) is 13.5 Å². The Bertz CT molecular complexity index is 325. The lowest BCUT2D eigenvalue weighted by Crippen LogP contribution is -2.00. The van der Waals surface area contributed by atoms with Crippen molar-refractivity contribution in [2.75, 3.05) is 7.11 Å². The van der Waals surface area contributed by atoms with E-state index in [1.165, 1.54) is 13.3 Å². The van der Waals surface area contributed by atoms with Crippen LogP contribution >= 0.6 is 0 Å². The Labute approximate surface area is 75.5 Å². The molecule has 0 unspecified atom stereocenters. The third-order valence-corrected chi connectivity index (χ3v) is 1.59. The van der Waals surface area contributed by atoms with Crippen LogP contribution in [0.4, 0.5) is 0 Å². The molecule has 1 rings (SSSR count). The molecule has 5 heteroatoms. The van der Waals surface area contributed by atoms with Gasteiger partial charge in [0.15, 0.2) is 0 Å². The Hall–Kier alpha value is -1.65. The number of aromatic nitrogens is 1. The van der Waals surface area contributed by atoms with Gasteiger partial charge in [-0.1, -0.05) is 0 Å². The average molecular weight is 182 g/mol. The standard InChI is InChI=1S/C8H10N2O3/c1-6-3-7(5-10(11)12)4-9-8(6)13-2/h3-4H,5H2,1-2H3. The first-order valence-electron chi connectivity index (χ1n) is 3.75. The van der Waals surface area contributed by atoms with Gasteiger partial charge in [0.25, 0.3) is 0 Å². The van der Waals surface area contributed by atoms with Crippen molar-refractivity contribution in [3.05, 3.63) is 33.5 Å². The lowest BCUT2D eigenvalue weighted by atomic mass is 10.2. The second-order valence-electron chi connectivity index (χ2n) is 2.66. The van der Waals surface area contributed by atoms with Crippen molar-refractivity contribution in [3.8, 4) is 5.88 Å². The minimum absolute atomic E-state index is 0.197. The fourth-order valence-corrected chi connectivity index (χ4v) is 1.07. The van der Waals surface area contributed by atoms with Gasteiger partial charge >= 0.3 is 0 Å². The maximum Gasteiger partial charge on any atom is 0.230 e. The van der Waals surface area contributed by atoms with Gasteiger partial charge in [-0.05, 0) is 13.0 Å². The number of hydrogen-bond acceptors (Lipinski definition) is 4. The zero-order valence-corrected chi connectivity index (χ0v) is 7.48. The van der Waals surface area contributed by atoms with Crippen LogP contribution in [0.15, 0.2) is 12.3 Å². The monoisotopic (exact) mass is 182 g/mol. The lowest BCUT2D eigenvalue weighted by molar-refractivity contribution is -0.496. The molecule has 0 aliphatic carbocycles. The molecule has 0 aliphatic heterocycles. The molecule has 0 spiro atoms. The summed E-state index contributed by atoms with van der Waals surface area (Å²) in [5, 5.41) is 10.2. The van der Waals surface area contributed by atoms with Crippen LogP contribution in [-0.2, 0) is 6.54 Å². The van der Waals surface area contributed by atoms with Crippen molar-refractivity contribution in [3.63, 3.8) is 0 Å². The van der Waals surface area contributed by atoms with Crippen LogP contribution in [0.1, 0.15) is 11.1 Å². The number of nitrogens with zero attached hydrogens (tertiary/aromatic N) is 2. The van der Waals surface area contributed by atoms with Gasteiger partial charge in [-0.15, -0.1) is 0 Å². The Morgan fingerprint density at radius 1 is 1.69 bits per heavy atom. The molecule has 1 aromatic heterocycles. The van der Waals surface area contributed by atoms with Gasteiger partial charge in [0.2, 0.25) is 12.4 Å². The summed E-state index contributed by atoms with van der Waals surface area (Å²) in [6.07, 6.45) is 1.45. The number of nitro groups is 1. The van der Waals surface area contributed by atoms with E-state index in [1.807, 2.05) is 0 Å². The summed E-state index contributed by atoms with van der Waals surface area (Å²) in [4.78, 5) is 13.7. The van der Waals surface area contributed by atoms with Gasteiger partial charge < -0.3 is 4.74 Å². The normalized spacial score (nSPS) is 9.69. The molecule has 0 fully saturated rings. The molecule has 0 radical (unpaired) electrons. The quantitative estimate of drug-likeness (QED) is 0.520. The molecule has 0 saturated heterocycles. The molecule has 70 valence electrons. The van der Waals surface area contributed by atoms with E-state index < -0.39 is 0 Å². The third-order valence-electron chi connectivity index (χ3n) is 1.59. The van der Waals surface area contributed by atoms with Gasteiger partial charge in [-0.2, -0.15) is 0 Å². The Balaban J connectivity index is 2.89. The van der Waals surface area contributed by atoms with Crippen LogP contribution in [-0.4, -0.2) is 17.0 Å². The third kappa shape index (κ3) is 2.40. The van der Waals surface area contributed by atoms with Crippen LogP contribution in [0.3, 0.4) is 0 Å². The van der Waals surface area contributed by atoms with Crippen molar-refractivity contribution < 1.29 is 9.66 Å². The molecule has 1 aromatic rings. The van der Waals surface area contributed by atoms with Crippen LogP contribution in [0.5, 0.6) is 5.88 Å². The topological polar surface area (TPSA) is 65.3 Å². The summed E-state index contributed by atoms with van der Waals surface area (Å²) in [7, 11) is 1.52. The highest BCUT2D eigenvalue weighted by molar-refractivity contribution is 5.27. The molecular formula is C8H10N2O3. The van der Waals surface area contributed by atoms with E-state index in [2.05, 4.69) is 4.98 Å². The van der Waals surface area contributed by atoms with Crippen LogP contribution in [0.25, 0.3) is 0 Å². The minimum Gasteiger partial charge on any atom is -0.481 e. The molecule has 0 bridgehead atoms. The Morgan fingerprint density at radius 2 is 2.38 bits per heavy atom. The number of hydrogen-bond donors (Lipinski definition) is 0. The second-order valence-corrected chi connectivity index (χ2v) is 2.66. The molecule has 0 amide bonds. The van der Waals surface area contributed by atoms with Crippen LogP contribution in [0.2, 0.25) is 0 Å². The summed E-state index contributed by atoms with van der Waals surface area (Å²) in [5.74, 6) is 0.507. The van der Waals surface area contributed by atoms with E-state index >= 15 is 0 Å². The SMILES string of the molecule is COc1ncc(C[N+](=O)[O-])cc1C. The maximum atomic E-state index is 10.2. The number of rotatable bonds is 3. The maximum absolute atomic E-state index is 10.2. The predicted molar refractivity (Wildman–Crippen MR) is 46.2 cm³/mol. The summed E-state index contributed by atoms with van der Waals surface area (Å²) in [6, 6.07) is 1.70. The van der Waals surface area contributed by atoms with Crippen molar-refractivity contribution in [1.29, 1.82) is 0 Å². The van der Waals surface area contributed by atoms with E-state index in [1.54, 1.807) is 13.0 Å². The van der Waals surface area contributed by atoms with E-state index in [0.717, 1.165) is 5.56 Å². The van der Waals surface area contributed by atoms with Crippen molar-refractivity contribution in [2.24, 2.45) is 0 Å². The molecule has 0 saturated carbocycles. The molecule has 5 nitrogen and oxygen atoms in total. The average Bonchev–Trinajstić information content (AvgIpc) is 2.03. The molecule has 0 N–H and O–H groups in total. The van der Waals surface area contributed by atoms with E-state index in [0.29, 0.717) is 11.4 Å². The zero-order valence-electron chi connectivity index (χ0n) is 7.48. The highest BCUT2D eigenvalue weighted by atomic mass is 16.6. The van der Waals surface area contributed by atoms with Crippen molar-refractivity contribution in [1.82, 2.24) is 4.98 Å². The number of methoxy groups -OCH3 is 1. The van der Waals surface area contributed by atoms with E-state index in [9.17, 15) is 10.1 Å². The lowest BCUT2D eigenvalue weighted by Gasteiger charge is -2.03. The molecular weight excluding hydrogens is 172 g/mol. The molecule has 0 atom stereocenters. The first kappa shape index (κ1) is 9.44. The second kappa shape index (κ2) is 3.84. The molecule has 13 heavy (non-hydrogen) atoms. The summed E-state index contributed by atoms with van der Waals surface area (Å²) >= 11 is 0. The van der Waals surface area contributed by atoms with Gasteiger partial charge in [-0.3, -0.25) is 10.1 Å².